The van der Waals surface area contributed by atoms with E-state index in [-0.39, 0.29) is 0 Å². The van der Waals surface area contributed by atoms with E-state index in [4.69, 9.17) is 4.74 Å². The number of aromatic nitrogens is 3. The van der Waals surface area contributed by atoms with Gasteiger partial charge in [0.15, 0.2) is 5.16 Å². The fraction of sp³-hybridized carbons (Fsp3) is 0.333. The summed E-state index contributed by atoms with van der Waals surface area (Å²) in [6.45, 7) is 6.10. The lowest BCUT2D eigenvalue weighted by molar-refractivity contribution is 0.121. The maximum atomic E-state index is 5.50. The monoisotopic (exact) mass is 380 g/mol. The van der Waals surface area contributed by atoms with E-state index in [1.54, 1.807) is 11.8 Å². The zero-order valence-electron chi connectivity index (χ0n) is 15.5. The van der Waals surface area contributed by atoms with Gasteiger partial charge in [-0.2, -0.15) is 0 Å². The summed E-state index contributed by atoms with van der Waals surface area (Å²) in [6.07, 6.45) is 0. The van der Waals surface area contributed by atoms with Crippen molar-refractivity contribution in [1.82, 2.24) is 14.8 Å². The molecule has 140 valence electrons. The molecule has 4 rings (SSSR count). The normalized spacial score (nSPS) is 14.5. The summed E-state index contributed by atoms with van der Waals surface area (Å²) in [5.41, 5.74) is 3.85. The van der Waals surface area contributed by atoms with E-state index in [0.717, 1.165) is 49.7 Å². The highest BCUT2D eigenvalue weighted by Crippen LogP contribution is 2.27. The second kappa shape index (κ2) is 8.59. The number of anilines is 1. The lowest BCUT2D eigenvalue weighted by Gasteiger charge is -2.28. The van der Waals surface area contributed by atoms with Crippen LogP contribution in [-0.4, -0.2) is 41.1 Å². The van der Waals surface area contributed by atoms with Crippen molar-refractivity contribution in [3.05, 3.63) is 71.3 Å². The molecule has 1 fully saturated rings. The third-order valence-corrected chi connectivity index (χ3v) is 5.66. The average molecular weight is 381 g/mol. The Morgan fingerprint density at radius 2 is 1.74 bits per heavy atom. The van der Waals surface area contributed by atoms with Crippen LogP contribution in [0.5, 0.6) is 0 Å². The van der Waals surface area contributed by atoms with Gasteiger partial charge in [0.25, 0.3) is 0 Å². The van der Waals surface area contributed by atoms with Gasteiger partial charge < -0.3 is 9.64 Å². The molecule has 1 aromatic heterocycles. The van der Waals surface area contributed by atoms with Crippen LogP contribution in [-0.2, 0) is 17.0 Å². The second-order valence-corrected chi connectivity index (χ2v) is 7.67. The van der Waals surface area contributed by atoms with Gasteiger partial charge in [0.05, 0.1) is 19.8 Å². The highest BCUT2D eigenvalue weighted by atomic mass is 32.2. The summed E-state index contributed by atoms with van der Waals surface area (Å²) in [6, 6.07) is 19.1. The second-order valence-electron chi connectivity index (χ2n) is 6.73. The van der Waals surface area contributed by atoms with Crippen LogP contribution in [0.1, 0.15) is 16.7 Å². The van der Waals surface area contributed by atoms with Crippen molar-refractivity contribution in [1.29, 1.82) is 0 Å². The minimum atomic E-state index is 0.740. The molecule has 0 atom stereocenters. The number of nitrogens with zero attached hydrogens (tertiary/aromatic N) is 4. The molecule has 0 N–H and O–H groups in total. The molecule has 0 saturated carbocycles. The Morgan fingerprint density at radius 3 is 2.52 bits per heavy atom. The van der Waals surface area contributed by atoms with Gasteiger partial charge in [-0.25, -0.2) is 0 Å². The first-order valence-corrected chi connectivity index (χ1v) is 10.3. The molecule has 0 unspecified atom stereocenters. The molecular formula is C21H24N4OS. The third kappa shape index (κ3) is 4.51. The van der Waals surface area contributed by atoms with Crippen molar-refractivity contribution in [2.45, 2.75) is 24.4 Å². The number of thioether (sulfide) groups is 1. The quantitative estimate of drug-likeness (QED) is 0.609. The van der Waals surface area contributed by atoms with Gasteiger partial charge in [-0.05, 0) is 18.1 Å². The molecule has 2 aromatic carbocycles. The number of rotatable bonds is 6. The smallest absolute Gasteiger partial charge is 0.228 e. The van der Waals surface area contributed by atoms with E-state index in [0.29, 0.717) is 0 Å². The van der Waals surface area contributed by atoms with Crippen molar-refractivity contribution in [3.8, 4) is 0 Å². The summed E-state index contributed by atoms with van der Waals surface area (Å²) >= 11 is 1.74. The van der Waals surface area contributed by atoms with Crippen LogP contribution in [0.3, 0.4) is 0 Å². The molecule has 1 aliphatic rings. The maximum absolute atomic E-state index is 5.50. The van der Waals surface area contributed by atoms with E-state index >= 15 is 0 Å². The van der Waals surface area contributed by atoms with Gasteiger partial charge in [-0.3, -0.25) is 4.57 Å². The van der Waals surface area contributed by atoms with Gasteiger partial charge in [0.2, 0.25) is 5.95 Å². The standard InChI is InChI=1S/C21H24N4OS/c1-17-6-5-9-19(14-17)16-27-21-23-22-20(24-10-12-26-13-11-24)25(21)15-18-7-3-2-4-8-18/h2-9,14H,10-13,15-16H2,1H3. The number of hydrogen-bond donors (Lipinski definition) is 0. The molecule has 0 amide bonds. The highest BCUT2D eigenvalue weighted by molar-refractivity contribution is 7.98. The number of ether oxygens (including phenoxy) is 1. The number of aryl methyl sites for hydroxylation is 1. The van der Waals surface area contributed by atoms with Crippen LogP contribution in [0.2, 0.25) is 0 Å². The van der Waals surface area contributed by atoms with Crippen LogP contribution in [0.15, 0.2) is 59.8 Å². The van der Waals surface area contributed by atoms with E-state index < -0.39 is 0 Å². The fourth-order valence-electron chi connectivity index (χ4n) is 3.24. The summed E-state index contributed by atoms with van der Waals surface area (Å²) < 4.78 is 7.74. The topological polar surface area (TPSA) is 43.2 Å². The first-order chi connectivity index (χ1) is 13.3. The molecule has 6 heteroatoms. The molecule has 5 nitrogen and oxygen atoms in total. The SMILES string of the molecule is Cc1cccc(CSc2nnc(N3CCOCC3)n2Cc2ccccc2)c1. The van der Waals surface area contributed by atoms with Crippen LogP contribution in [0.25, 0.3) is 0 Å². The van der Waals surface area contributed by atoms with E-state index in [1.807, 2.05) is 6.07 Å². The molecule has 1 saturated heterocycles. The Morgan fingerprint density at radius 1 is 0.963 bits per heavy atom. The van der Waals surface area contributed by atoms with Gasteiger partial charge in [-0.15, -0.1) is 10.2 Å². The maximum Gasteiger partial charge on any atom is 0.228 e. The molecule has 1 aliphatic heterocycles. The zero-order valence-corrected chi connectivity index (χ0v) is 16.4. The molecule has 0 aliphatic carbocycles. The van der Waals surface area contributed by atoms with Crippen molar-refractivity contribution < 1.29 is 4.74 Å². The fourth-order valence-corrected chi connectivity index (χ4v) is 4.12. The summed E-state index contributed by atoms with van der Waals surface area (Å²) in [5.74, 6) is 1.83. The first kappa shape index (κ1) is 18.1. The predicted molar refractivity (Wildman–Crippen MR) is 109 cm³/mol. The zero-order chi connectivity index (χ0) is 18.5. The van der Waals surface area contributed by atoms with Crippen molar-refractivity contribution in [2.75, 3.05) is 31.2 Å². The Balaban J connectivity index is 1.58. The molecule has 27 heavy (non-hydrogen) atoms. The number of morpholine rings is 1. The molecule has 0 radical (unpaired) electrons. The van der Waals surface area contributed by atoms with Crippen LogP contribution in [0.4, 0.5) is 5.95 Å². The minimum absolute atomic E-state index is 0.740. The van der Waals surface area contributed by atoms with E-state index in [2.05, 4.69) is 75.1 Å². The summed E-state index contributed by atoms with van der Waals surface area (Å²) in [5, 5.41) is 10.0. The first-order valence-electron chi connectivity index (χ1n) is 9.28. The van der Waals surface area contributed by atoms with Gasteiger partial charge in [0, 0.05) is 18.8 Å². The van der Waals surface area contributed by atoms with Crippen molar-refractivity contribution >= 4 is 17.7 Å². The average Bonchev–Trinajstić information content (AvgIpc) is 3.10. The summed E-state index contributed by atoms with van der Waals surface area (Å²) in [7, 11) is 0. The van der Waals surface area contributed by atoms with Gasteiger partial charge in [-0.1, -0.05) is 71.9 Å². The minimum Gasteiger partial charge on any atom is -0.378 e. The molecule has 2 heterocycles. The van der Waals surface area contributed by atoms with E-state index in [1.165, 1.54) is 16.7 Å². The predicted octanol–water partition coefficient (Wildman–Crippen LogP) is 3.76. The van der Waals surface area contributed by atoms with Crippen LogP contribution in [0, 0.1) is 6.92 Å². The molecular weight excluding hydrogens is 356 g/mol. The van der Waals surface area contributed by atoms with Gasteiger partial charge >= 0.3 is 0 Å². The highest BCUT2D eigenvalue weighted by Gasteiger charge is 2.20. The Bertz CT molecular complexity index is 875. The van der Waals surface area contributed by atoms with Crippen molar-refractivity contribution in [2.24, 2.45) is 0 Å². The Labute approximate surface area is 164 Å². The lowest BCUT2D eigenvalue weighted by Crippen LogP contribution is -2.38. The van der Waals surface area contributed by atoms with Crippen LogP contribution >= 0.6 is 11.8 Å². The van der Waals surface area contributed by atoms with E-state index in [9.17, 15) is 0 Å². The number of benzene rings is 2. The van der Waals surface area contributed by atoms with Gasteiger partial charge in [0.1, 0.15) is 0 Å². The Hall–Kier alpha value is -2.31. The largest absolute Gasteiger partial charge is 0.378 e. The molecule has 0 spiro atoms. The molecule has 3 aromatic rings. The number of hydrogen-bond acceptors (Lipinski definition) is 5. The van der Waals surface area contributed by atoms with Crippen LogP contribution < -0.4 is 4.90 Å². The lowest BCUT2D eigenvalue weighted by atomic mass is 10.2. The third-order valence-electron chi connectivity index (χ3n) is 4.63. The Kier molecular flexibility index (Phi) is 5.75. The van der Waals surface area contributed by atoms with Crippen molar-refractivity contribution in [3.63, 3.8) is 0 Å². The summed E-state index contributed by atoms with van der Waals surface area (Å²) in [4.78, 5) is 2.27. The molecule has 0 bridgehead atoms.